The molecule has 0 aromatic carbocycles. The molecule has 1 atom stereocenters. The minimum absolute atomic E-state index is 0.0819. The predicted octanol–water partition coefficient (Wildman–Crippen LogP) is 21.5. The molecule has 0 aliphatic rings. The van der Waals surface area contributed by atoms with E-state index in [2.05, 4.69) is 106 Å². The van der Waals surface area contributed by atoms with Crippen LogP contribution in [0.2, 0.25) is 0 Å². The summed E-state index contributed by atoms with van der Waals surface area (Å²) in [6.45, 7) is 6.45. The Morgan fingerprint density at radius 2 is 0.527 bits per heavy atom. The SMILES string of the molecule is CC/C=C\C/C=C\C/C=C\C/C=C\CCCCCCCCCCCCCCCCCCCCC(=O)OCC(COC(=O)CCCCCCC/C=C\CCCC)OC(=O)CCCCCCC/C=C\C/C=C\CCCC. The highest BCUT2D eigenvalue weighted by Crippen LogP contribution is 2.17. The first-order chi connectivity index (χ1) is 36.5. The van der Waals surface area contributed by atoms with Gasteiger partial charge in [-0.3, -0.25) is 14.4 Å². The second-order valence-electron chi connectivity index (χ2n) is 20.9. The van der Waals surface area contributed by atoms with Crippen molar-refractivity contribution in [2.24, 2.45) is 0 Å². The molecule has 0 amide bonds. The van der Waals surface area contributed by atoms with Gasteiger partial charge in [0, 0.05) is 19.3 Å². The number of allylic oxidation sites excluding steroid dienone is 14. The van der Waals surface area contributed by atoms with Gasteiger partial charge >= 0.3 is 17.9 Å². The van der Waals surface area contributed by atoms with Crippen LogP contribution < -0.4 is 0 Å². The standard InChI is InChI=1S/C68H118O6/c1-4-7-10-13-16-19-22-24-26-27-28-29-30-31-32-33-34-35-36-37-38-39-40-41-42-44-46-49-52-55-58-61-67(70)73-64-65(63-72-66(69)60-57-54-51-48-45-21-18-15-12-9-6-3)74-68(71)62-59-56-53-50-47-43-25-23-20-17-14-11-8-5-2/h7,10,14-19,23-26,28-29,65H,4-6,8-9,11-13,20-22,27,30-64H2,1-3H3/b10-7-,17-14-,18-15-,19-16-,25-23-,26-24-,29-28-. The van der Waals surface area contributed by atoms with E-state index in [4.69, 9.17) is 14.2 Å². The molecule has 0 aromatic rings. The Hall–Kier alpha value is -3.41. The van der Waals surface area contributed by atoms with E-state index in [1.165, 1.54) is 154 Å². The predicted molar refractivity (Wildman–Crippen MR) is 321 cm³/mol. The van der Waals surface area contributed by atoms with Crippen LogP contribution in [0.15, 0.2) is 85.1 Å². The van der Waals surface area contributed by atoms with Crippen LogP contribution in [-0.2, 0) is 28.6 Å². The van der Waals surface area contributed by atoms with E-state index < -0.39 is 6.10 Å². The summed E-state index contributed by atoms with van der Waals surface area (Å²) < 4.78 is 16.9. The second kappa shape index (κ2) is 62.1. The van der Waals surface area contributed by atoms with Crippen molar-refractivity contribution in [1.29, 1.82) is 0 Å². The van der Waals surface area contributed by atoms with E-state index in [-0.39, 0.29) is 31.1 Å². The average Bonchev–Trinajstić information content (AvgIpc) is 3.40. The van der Waals surface area contributed by atoms with Crippen molar-refractivity contribution in [3.05, 3.63) is 85.1 Å². The maximum absolute atomic E-state index is 12.8. The van der Waals surface area contributed by atoms with Crippen molar-refractivity contribution in [3.63, 3.8) is 0 Å². The van der Waals surface area contributed by atoms with Crippen molar-refractivity contribution in [1.82, 2.24) is 0 Å². The fraction of sp³-hybridized carbons (Fsp3) is 0.750. The van der Waals surface area contributed by atoms with Crippen LogP contribution in [0.5, 0.6) is 0 Å². The normalized spacial score (nSPS) is 12.6. The molecule has 74 heavy (non-hydrogen) atoms. The maximum atomic E-state index is 12.8. The van der Waals surface area contributed by atoms with Crippen molar-refractivity contribution in [3.8, 4) is 0 Å². The molecule has 1 unspecified atom stereocenters. The van der Waals surface area contributed by atoms with Gasteiger partial charge in [0.2, 0.25) is 0 Å². The van der Waals surface area contributed by atoms with Gasteiger partial charge in [0.25, 0.3) is 0 Å². The summed E-state index contributed by atoms with van der Waals surface area (Å²) in [7, 11) is 0. The Bertz CT molecular complexity index is 1420. The van der Waals surface area contributed by atoms with Gasteiger partial charge in [-0.1, -0.05) is 273 Å². The molecule has 0 bridgehead atoms. The number of carbonyl (C=O) groups is 3. The molecule has 0 rings (SSSR count). The molecule has 0 radical (unpaired) electrons. The average molecular weight is 1030 g/mol. The molecule has 0 aliphatic carbocycles. The molecule has 0 N–H and O–H groups in total. The Balaban J connectivity index is 4.12. The van der Waals surface area contributed by atoms with Crippen LogP contribution in [-0.4, -0.2) is 37.2 Å². The molecular weight excluding hydrogens is 913 g/mol. The summed E-state index contributed by atoms with van der Waals surface area (Å²) in [4.78, 5) is 38.1. The van der Waals surface area contributed by atoms with Gasteiger partial charge in [-0.05, 0) is 103 Å². The molecular formula is C68H118O6. The van der Waals surface area contributed by atoms with Crippen molar-refractivity contribution < 1.29 is 28.6 Å². The molecule has 0 aromatic heterocycles. The third-order valence-corrected chi connectivity index (χ3v) is 13.6. The fourth-order valence-electron chi connectivity index (χ4n) is 8.84. The van der Waals surface area contributed by atoms with Crippen LogP contribution >= 0.6 is 0 Å². The number of unbranched alkanes of at least 4 members (excludes halogenated alkanes) is 32. The Labute approximate surface area is 458 Å². The van der Waals surface area contributed by atoms with E-state index in [1.54, 1.807) is 0 Å². The summed E-state index contributed by atoms with van der Waals surface area (Å²) in [5, 5.41) is 0. The van der Waals surface area contributed by atoms with E-state index in [1.807, 2.05) is 0 Å². The van der Waals surface area contributed by atoms with Gasteiger partial charge in [0.05, 0.1) is 0 Å². The fourth-order valence-corrected chi connectivity index (χ4v) is 8.84. The summed E-state index contributed by atoms with van der Waals surface area (Å²) in [5.41, 5.74) is 0. The smallest absolute Gasteiger partial charge is 0.306 e. The highest BCUT2D eigenvalue weighted by atomic mass is 16.6. The Morgan fingerprint density at radius 3 is 0.838 bits per heavy atom. The third-order valence-electron chi connectivity index (χ3n) is 13.6. The van der Waals surface area contributed by atoms with E-state index in [9.17, 15) is 14.4 Å². The van der Waals surface area contributed by atoms with Gasteiger partial charge in [-0.2, -0.15) is 0 Å². The first kappa shape index (κ1) is 70.6. The Morgan fingerprint density at radius 1 is 0.284 bits per heavy atom. The summed E-state index contributed by atoms with van der Waals surface area (Å²) >= 11 is 0. The number of carbonyl (C=O) groups excluding carboxylic acids is 3. The van der Waals surface area contributed by atoms with Crippen molar-refractivity contribution in [2.45, 2.75) is 316 Å². The van der Waals surface area contributed by atoms with E-state index in [0.29, 0.717) is 19.3 Å². The lowest BCUT2D eigenvalue weighted by atomic mass is 10.0. The van der Waals surface area contributed by atoms with Crippen LogP contribution in [0.25, 0.3) is 0 Å². The number of ether oxygens (including phenoxy) is 3. The highest BCUT2D eigenvalue weighted by molar-refractivity contribution is 5.71. The van der Waals surface area contributed by atoms with Gasteiger partial charge in [0.15, 0.2) is 6.10 Å². The number of rotatable bonds is 57. The largest absolute Gasteiger partial charge is 0.462 e. The molecule has 0 heterocycles. The molecule has 0 saturated heterocycles. The monoisotopic (exact) mass is 1030 g/mol. The molecule has 0 aliphatic heterocycles. The molecule has 0 saturated carbocycles. The minimum Gasteiger partial charge on any atom is -0.462 e. The van der Waals surface area contributed by atoms with Crippen LogP contribution in [0.1, 0.15) is 310 Å². The number of hydrogen-bond donors (Lipinski definition) is 0. The minimum atomic E-state index is -0.785. The second-order valence-corrected chi connectivity index (χ2v) is 20.9. The Kier molecular flexibility index (Phi) is 59.3. The van der Waals surface area contributed by atoms with Gasteiger partial charge in [-0.15, -0.1) is 0 Å². The number of esters is 3. The number of hydrogen-bond acceptors (Lipinski definition) is 6. The first-order valence-corrected chi connectivity index (χ1v) is 31.6. The quantitative estimate of drug-likeness (QED) is 0.0261. The zero-order chi connectivity index (χ0) is 53.6. The summed E-state index contributed by atoms with van der Waals surface area (Å²) in [5.74, 6) is -0.896. The lowest BCUT2D eigenvalue weighted by Gasteiger charge is -2.18. The van der Waals surface area contributed by atoms with Crippen molar-refractivity contribution in [2.75, 3.05) is 13.2 Å². The van der Waals surface area contributed by atoms with E-state index in [0.717, 1.165) is 116 Å². The first-order valence-electron chi connectivity index (χ1n) is 31.6. The van der Waals surface area contributed by atoms with Crippen LogP contribution in [0.3, 0.4) is 0 Å². The highest BCUT2D eigenvalue weighted by Gasteiger charge is 2.19. The van der Waals surface area contributed by atoms with Crippen molar-refractivity contribution >= 4 is 17.9 Å². The lowest BCUT2D eigenvalue weighted by molar-refractivity contribution is -0.167. The van der Waals surface area contributed by atoms with Gasteiger partial charge < -0.3 is 14.2 Å². The van der Waals surface area contributed by atoms with Gasteiger partial charge in [-0.25, -0.2) is 0 Å². The third kappa shape index (κ3) is 59.5. The summed E-state index contributed by atoms with van der Waals surface area (Å²) in [6, 6.07) is 0. The van der Waals surface area contributed by atoms with Crippen LogP contribution in [0, 0.1) is 0 Å². The zero-order valence-electron chi connectivity index (χ0n) is 48.8. The summed E-state index contributed by atoms with van der Waals surface area (Å²) in [6.07, 6.45) is 81.8. The topological polar surface area (TPSA) is 78.9 Å². The van der Waals surface area contributed by atoms with Crippen LogP contribution in [0.4, 0.5) is 0 Å². The molecule has 426 valence electrons. The molecule has 6 nitrogen and oxygen atoms in total. The van der Waals surface area contributed by atoms with Gasteiger partial charge in [0.1, 0.15) is 13.2 Å². The lowest BCUT2D eigenvalue weighted by Crippen LogP contribution is -2.30. The van der Waals surface area contributed by atoms with E-state index >= 15 is 0 Å². The zero-order valence-corrected chi connectivity index (χ0v) is 48.8. The maximum Gasteiger partial charge on any atom is 0.306 e. The molecule has 0 spiro atoms. The molecule has 6 heteroatoms. The molecule has 0 fully saturated rings.